The van der Waals surface area contributed by atoms with Crippen molar-refractivity contribution in [2.45, 2.75) is 32.2 Å². The lowest BCUT2D eigenvalue weighted by molar-refractivity contribution is -0.117. The number of nitrogens with one attached hydrogen (secondary N) is 1. The third-order valence-electron chi connectivity index (χ3n) is 3.53. The van der Waals surface area contributed by atoms with E-state index < -0.39 is 0 Å². The Balaban J connectivity index is 1.68. The number of rotatable bonds is 6. The van der Waals surface area contributed by atoms with Crippen LogP contribution < -0.4 is 5.32 Å². The molecule has 3 rings (SSSR count). The molecule has 1 N–H and O–H groups in total. The average molecular weight is 314 g/mol. The largest absolute Gasteiger partial charge is 0.334 e. The Kier molecular flexibility index (Phi) is 4.48. The van der Waals surface area contributed by atoms with Gasteiger partial charge < -0.3 is 9.88 Å². The van der Waals surface area contributed by atoms with Gasteiger partial charge in [-0.25, -0.2) is 9.97 Å². The predicted octanol–water partition coefficient (Wildman–Crippen LogP) is 3.86. The van der Waals surface area contributed by atoms with E-state index in [2.05, 4.69) is 22.2 Å². The van der Waals surface area contributed by atoms with E-state index >= 15 is 0 Å². The van der Waals surface area contributed by atoms with Crippen molar-refractivity contribution in [2.75, 3.05) is 5.32 Å². The second-order valence-corrected chi connectivity index (χ2v) is 6.22. The van der Waals surface area contributed by atoms with Gasteiger partial charge in [-0.05, 0) is 18.6 Å². The summed E-state index contributed by atoms with van der Waals surface area (Å²) in [5.41, 5.74) is 0.919. The molecule has 1 unspecified atom stereocenters. The van der Waals surface area contributed by atoms with Crippen LogP contribution in [0.15, 0.2) is 43.0 Å². The summed E-state index contributed by atoms with van der Waals surface area (Å²) in [6, 6.07) is 8.02. The second kappa shape index (κ2) is 6.70. The van der Waals surface area contributed by atoms with Crippen LogP contribution in [-0.2, 0) is 4.79 Å². The lowest BCUT2D eigenvalue weighted by Gasteiger charge is -2.16. The summed E-state index contributed by atoms with van der Waals surface area (Å²) in [5.74, 6) is -0.00814. The first-order chi connectivity index (χ1) is 10.8. The number of nitrogens with zero attached hydrogens (tertiary/aromatic N) is 3. The SMILES string of the molecule is CCCC(CC(=O)Nc1nc2ccccc2s1)n1ccnc1. The van der Waals surface area contributed by atoms with Crippen molar-refractivity contribution in [3.05, 3.63) is 43.0 Å². The van der Waals surface area contributed by atoms with Crippen molar-refractivity contribution >= 4 is 32.6 Å². The Morgan fingerprint density at radius 3 is 3.00 bits per heavy atom. The molecule has 22 heavy (non-hydrogen) atoms. The number of aromatic nitrogens is 3. The van der Waals surface area contributed by atoms with Gasteiger partial charge in [-0.3, -0.25) is 4.79 Å². The van der Waals surface area contributed by atoms with E-state index in [9.17, 15) is 4.79 Å². The van der Waals surface area contributed by atoms with E-state index in [4.69, 9.17) is 0 Å². The number of benzene rings is 1. The standard InChI is InChI=1S/C16H18N4OS/c1-2-5-12(20-9-8-17-11-20)10-15(21)19-16-18-13-6-3-4-7-14(13)22-16/h3-4,6-9,11-12H,2,5,10H2,1H3,(H,18,19,21). The number of hydrogen-bond acceptors (Lipinski definition) is 4. The number of imidazole rings is 1. The number of thiazole rings is 1. The highest BCUT2D eigenvalue weighted by atomic mass is 32.1. The fourth-order valence-electron chi connectivity index (χ4n) is 2.49. The smallest absolute Gasteiger partial charge is 0.228 e. The van der Waals surface area contributed by atoms with E-state index in [1.54, 1.807) is 12.5 Å². The van der Waals surface area contributed by atoms with Crippen molar-refractivity contribution in [1.29, 1.82) is 0 Å². The van der Waals surface area contributed by atoms with Gasteiger partial charge >= 0.3 is 0 Å². The number of para-hydroxylation sites is 1. The Labute approximate surface area is 133 Å². The first-order valence-corrected chi connectivity index (χ1v) is 8.20. The van der Waals surface area contributed by atoms with Crippen molar-refractivity contribution in [1.82, 2.24) is 14.5 Å². The van der Waals surface area contributed by atoms with Crippen molar-refractivity contribution in [3.8, 4) is 0 Å². The number of hydrogen-bond donors (Lipinski definition) is 1. The third-order valence-corrected chi connectivity index (χ3v) is 4.48. The molecule has 1 atom stereocenters. The van der Waals surface area contributed by atoms with E-state index in [-0.39, 0.29) is 11.9 Å². The minimum atomic E-state index is -0.00814. The lowest BCUT2D eigenvalue weighted by Crippen LogP contribution is -2.18. The number of carbonyl (C=O) groups is 1. The molecule has 6 heteroatoms. The van der Waals surface area contributed by atoms with Crippen LogP contribution >= 0.6 is 11.3 Å². The number of fused-ring (bicyclic) bond motifs is 1. The molecule has 0 saturated carbocycles. The number of anilines is 1. The normalized spacial score (nSPS) is 12.4. The van der Waals surface area contributed by atoms with Crippen LogP contribution in [0, 0.1) is 0 Å². The molecule has 5 nitrogen and oxygen atoms in total. The van der Waals surface area contributed by atoms with Gasteiger partial charge in [-0.2, -0.15) is 0 Å². The monoisotopic (exact) mass is 314 g/mol. The fourth-order valence-corrected chi connectivity index (χ4v) is 3.37. The van der Waals surface area contributed by atoms with Gasteiger partial charge in [-0.15, -0.1) is 0 Å². The van der Waals surface area contributed by atoms with E-state index in [1.807, 2.05) is 35.0 Å². The summed E-state index contributed by atoms with van der Waals surface area (Å²) in [4.78, 5) is 20.8. The topological polar surface area (TPSA) is 59.8 Å². The molecule has 1 aromatic carbocycles. The Morgan fingerprint density at radius 1 is 1.41 bits per heavy atom. The molecule has 0 aliphatic carbocycles. The van der Waals surface area contributed by atoms with E-state index in [0.29, 0.717) is 11.6 Å². The van der Waals surface area contributed by atoms with Crippen molar-refractivity contribution in [3.63, 3.8) is 0 Å². The molecule has 0 saturated heterocycles. The summed E-state index contributed by atoms with van der Waals surface area (Å²) in [5, 5.41) is 3.58. The summed E-state index contributed by atoms with van der Waals surface area (Å²) >= 11 is 1.50. The minimum Gasteiger partial charge on any atom is -0.334 e. The van der Waals surface area contributed by atoms with Crippen LogP contribution in [0.3, 0.4) is 0 Å². The summed E-state index contributed by atoms with van der Waals surface area (Å²) in [6.07, 6.45) is 7.83. The molecule has 2 heterocycles. The Bertz CT molecular complexity index is 717. The summed E-state index contributed by atoms with van der Waals surface area (Å²) in [7, 11) is 0. The first-order valence-electron chi connectivity index (χ1n) is 7.39. The van der Waals surface area contributed by atoms with Crippen LogP contribution in [0.1, 0.15) is 32.2 Å². The second-order valence-electron chi connectivity index (χ2n) is 5.19. The molecule has 0 aliphatic heterocycles. The van der Waals surface area contributed by atoms with Gasteiger partial charge in [0.15, 0.2) is 5.13 Å². The quantitative estimate of drug-likeness (QED) is 0.751. The molecular formula is C16H18N4OS. The highest BCUT2D eigenvalue weighted by Gasteiger charge is 2.16. The van der Waals surface area contributed by atoms with Crippen LogP contribution in [0.5, 0.6) is 0 Å². The zero-order valence-corrected chi connectivity index (χ0v) is 13.2. The van der Waals surface area contributed by atoms with E-state index in [0.717, 1.165) is 23.1 Å². The Morgan fingerprint density at radius 2 is 2.27 bits per heavy atom. The van der Waals surface area contributed by atoms with Gasteiger partial charge in [-0.1, -0.05) is 36.8 Å². The van der Waals surface area contributed by atoms with Crippen LogP contribution in [0.4, 0.5) is 5.13 Å². The number of amides is 1. The predicted molar refractivity (Wildman–Crippen MR) is 89.0 cm³/mol. The highest BCUT2D eigenvalue weighted by molar-refractivity contribution is 7.22. The maximum absolute atomic E-state index is 12.3. The maximum atomic E-state index is 12.3. The van der Waals surface area contributed by atoms with Crippen LogP contribution in [0.25, 0.3) is 10.2 Å². The van der Waals surface area contributed by atoms with Gasteiger partial charge in [0.25, 0.3) is 0 Å². The Hall–Kier alpha value is -2.21. The lowest BCUT2D eigenvalue weighted by atomic mass is 10.1. The molecule has 1 amide bonds. The molecule has 0 bridgehead atoms. The van der Waals surface area contributed by atoms with Crippen LogP contribution in [-0.4, -0.2) is 20.4 Å². The zero-order valence-electron chi connectivity index (χ0n) is 12.4. The van der Waals surface area contributed by atoms with Gasteiger partial charge in [0.2, 0.25) is 5.91 Å². The molecule has 0 aliphatic rings. The molecule has 0 spiro atoms. The van der Waals surface area contributed by atoms with Crippen LogP contribution in [0.2, 0.25) is 0 Å². The number of carbonyl (C=O) groups excluding carboxylic acids is 1. The molecule has 3 aromatic rings. The van der Waals surface area contributed by atoms with E-state index in [1.165, 1.54) is 11.3 Å². The fraction of sp³-hybridized carbons (Fsp3) is 0.312. The minimum absolute atomic E-state index is 0.00814. The molecule has 0 radical (unpaired) electrons. The molecular weight excluding hydrogens is 296 g/mol. The summed E-state index contributed by atoms with van der Waals surface area (Å²) < 4.78 is 3.08. The maximum Gasteiger partial charge on any atom is 0.228 e. The summed E-state index contributed by atoms with van der Waals surface area (Å²) in [6.45, 7) is 2.12. The van der Waals surface area contributed by atoms with Gasteiger partial charge in [0, 0.05) is 24.9 Å². The van der Waals surface area contributed by atoms with Crippen molar-refractivity contribution < 1.29 is 4.79 Å². The van der Waals surface area contributed by atoms with Gasteiger partial charge in [0.1, 0.15) is 0 Å². The first kappa shape index (κ1) is 14.7. The molecule has 0 fully saturated rings. The van der Waals surface area contributed by atoms with Crippen molar-refractivity contribution in [2.24, 2.45) is 0 Å². The zero-order chi connectivity index (χ0) is 15.4. The molecule has 2 aromatic heterocycles. The highest BCUT2D eigenvalue weighted by Crippen LogP contribution is 2.26. The third kappa shape index (κ3) is 3.33. The molecule has 114 valence electrons. The van der Waals surface area contributed by atoms with Gasteiger partial charge in [0.05, 0.1) is 16.5 Å². The average Bonchev–Trinajstić information content (AvgIpc) is 3.15.